The predicted molar refractivity (Wildman–Crippen MR) is 18.3 cm³/mol. The molecule has 0 saturated carbocycles. The van der Waals surface area contributed by atoms with Gasteiger partial charge >= 0.3 is 0 Å². The molecule has 1 N–H and O–H groups in total. The molecule has 7 heavy (non-hydrogen) atoms. The molecule has 0 aliphatic rings. The van der Waals surface area contributed by atoms with Gasteiger partial charge in [-0.3, -0.25) is 0 Å². The average molecular weight is 778 g/mol. The second kappa shape index (κ2) is 500. The quantitative estimate of drug-likeness (QED) is 0.365. The van der Waals surface area contributed by atoms with E-state index in [0.29, 0.717) is 0 Å². The third kappa shape index (κ3) is 17.8. The van der Waals surface area contributed by atoms with E-state index in [0.717, 1.165) is 6.61 Å². The first-order chi connectivity index (χ1) is 1.41. The first-order valence-corrected chi connectivity index (χ1v) is 0.836. The molecule has 0 spiro atoms. The van der Waals surface area contributed by atoms with Gasteiger partial charge in [0.25, 0.3) is 0 Å². The van der Waals surface area contributed by atoms with Crippen LogP contribution in [0.2, 0.25) is 0 Å². The van der Waals surface area contributed by atoms with E-state index in [1.807, 2.05) is 0 Å². The fraction of sp³-hybridized carbons (Fsp3) is 0.333. The molecule has 0 aromatic heterocycles. The van der Waals surface area contributed by atoms with Crippen LogP contribution in [0.1, 0.15) is 6.92 Å². The molecule has 0 amide bonds. The Kier molecular flexibility index (Phi) is 20700. The summed E-state index contributed by atoms with van der Waals surface area (Å²) in [5.41, 5.74) is 0. The maximum absolute atomic E-state index is 7.44. The monoisotopic (exact) mass is 778 g/mol. The van der Waals surface area contributed by atoms with Gasteiger partial charge in [0, 0.05) is 21.1 Å². The van der Waals surface area contributed by atoms with Crippen LogP contribution in [0.15, 0.2) is 0 Å². The van der Waals surface area contributed by atoms with Crippen molar-refractivity contribution >= 4 is 0 Å². The number of aliphatic hydroxyl groups is 1. The third-order valence-electron chi connectivity index (χ3n) is 0. The molecule has 0 fully saturated rings. The number of hydrogen-bond acceptors (Lipinski definition) is 1. The Bertz CT molecular complexity index is 12.9. The minimum absolute atomic E-state index is 0. The van der Waals surface area contributed by atoms with E-state index in [4.69, 9.17) is 5.11 Å². The Hall–Kier alpha value is -1.35. The molecule has 0 saturated heterocycles. The van der Waals surface area contributed by atoms with Gasteiger partial charge in [-0.25, -0.2) is 6.61 Å². The molecular formula is C3H8ORf2W-2. The summed E-state index contributed by atoms with van der Waals surface area (Å²) in [6.45, 7) is 2.56. The van der Waals surface area contributed by atoms with Gasteiger partial charge in [-0.15, -0.1) is 0 Å². The first-order valence-electron chi connectivity index (χ1n) is 0.836. The van der Waals surface area contributed by atoms with Gasteiger partial charge in [-0.2, -0.15) is 6.92 Å². The van der Waals surface area contributed by atoms with E-state index in [1.54, 1.807) is 6.92 Å². The predicted octanol–water partition coefficient (Wildman–Crippen LogP) is 0.988. The minimum atomic E-state index is 0. The summed E-state index contributed by atoms with van der Waals surface area (Å²) in [4.78, 5) is 0. The zero-order valence-electron chi connectivity index (χ0n) is 4.85. The smallest absolute Gasteiger partial charge is 0 e. The molecule has 38 valence electrons. The fourth-order valence-corrected chi connectivity index (χ4v) is 0. The summed E-state index contributed by atoms with van der Waals surface area (Å²) in [6.07, 6.45) is 0. The van der Waals surface area contributed by atoms with E-state index in [9.17, 15) is 0 Å². The Morgan fingerprint density at radius 2 is 1.29 bits per heavy atom. The molecular weight excluding hydrogens is 770 g/mol. The van der Waals surface area contributed by atoms with Gasteiger partial charge in [0.2, 0.25) is 0 Å². The van der Waals surface area contributed by atoms with E-state index in [-0.39, 0.29) is 28.5 Å². The van der Waals surface area contributed by atoms with E-state index >= 15 is 0 Å². The van der Waals surface area contributed by atoms with Crippen LogP contribution >= 0.6 is 0 Å². The van der Waals surface area contributed by atoms with Gasteiger partial charge < -0.3 is 12.5 Å². The van der Waals surface area contributed by atoms with Crippen LogP contribution in [-0.2, 0) is 21.1 Å². The van der Waals surface area contributed by atoms with Crippen LogP contribution in [0.4, 0.5) is 0 Å². The van der Waals surface area contributed by atoms with Crippen LogP contribution in [0.25, 0.3) is 0 Å². The summed E-state index contributed by atoms with van der Waals surface area (Å²) in [5, 5.41) is 7.44. The van der Waals surface area contributed by atoms with Crippen molar-refractivity contribution < 1.29 is 26.2 Å². The molecule has 0 aromatic carbocycles. The van der Waals surface area contributed by atoms with Gasteiger partial charge in [0.15, 0.2) is 0 Å². The molecule has 0 unspecified atom stereocenters. The zero-order chi connectivity index (χ0) is 2.71. The minimum Gasteiger partial charge on any atom is -0.566 e. The van der Waals surface area contributed by atoms with Crippen molar-refractivity contribution in [1.29, 1.82) is 0 Å². The van der Waals surface area contributed by atoms with Crippen molar-refractivity contribution in [2.45, 2.75) is 6.92 Å². The fourth-order valence-electron chi connectivity index (χ4n) is 0. The summed E-state index contributed by atoms with van der Waals surface area (Å²) in [5.74, 6) is 0. The average Bonchev–Trinajstić information content (AvgIpc) is 0.918. The van der Waals surface area contributed by atoms with Crippen LogP contribution in [0.5, 0.6) is 0 Å². The standard InChI is InChI=1S/C2H5O.CH3.2Rf.W/c1-2-3;;;;/h2-3H,1H3;1H3;;;/q2*-1;;;. The number of rotatable bonds is 0. The molecule has 0 atom stereocenters. The first kappa shape index (κ1) is 290. The van der Waals surface area contributed by atoms with Crippen molar-refractivity contribution in [3.05, 3.63) is 14.0 Å². The molecule has 1 nitrogen and oxygen atoms in total. The Balaban J connectivity index is -0.00000000333. The van der Waals surface area contributed by atoms with Gasteiger partial charge in [0.05, 0.1) is 0 Å². The summed E-state index contributed by atoms with van der Waals surface area (Å²) < 4.78 is 0. The molecule has 0 aliphatic heterocycles. The van der Waals surface area contributed by atoms with Crippen molar-refractivity contribution in [2.75, 3.05) is 0 Å². The van der Waals surface area contributed by atoms with Crippen molar-refractivity contribution in [2.24, 2.45) is 0 Å². The summed E-state index contributed by atoms with van der Waals surface area (Å²) in [7, 11) is 0. The normalized spacial score (nSPS) is 2.57. The largest absolute Gasteiger partial charge is 0.566 e. The molecule has 0 rings (SSSR count). The topological polar surface area (TPSA) is 20.2 Å². The Morgan fingerprint density at radius 1 is 1.29 bits per heavy atom. The van der Waals surface area contributed by atoms with Crippen molar-refractivity contribution in [1.82, 2.24) is 0 Å². The van der Waals surface area contributed by atoms with Crippen LogP contribution in [-0.4, -0.2) is 5.11 Å². The Morgan fingerprint density at radius 3 is 1.29 bits per heavy atom. The second-order valence-corrected chi connectivity index (χ2v) is 0.258. The zero-order valence-corrected chi connectivity index (χ0v) is 20.6. The van der Waals surface area contributed by atoms with E-state index in [2.05, 4.69) is 0 Å². The summed E-state index contributed by atoms with van der Waals surface area (Å²) >= 11 is 0. The van der Waals surface area contributed by atoms with Gasteiger partial charge in [-0.1, -0.05) is 0 Å². The third-order valence-corrected chi connectivity index (χ3v) is 0. The van der Waals surface area contributed by atoms with Gasteiger partial charge in [0.1, 0.15) is 0 Å². The maximum atomic E-state index is 7.44. The van der Waals surface area contributed by atoms with Crippen molar-refractivity contribution in [3.8, 4) is 0 Å². The molecule has 4 heteroatoms. The van der Waals surface area contributed by atoms with Crippen molar-refractivity contribution in [3.63, 3.8) is 0 Å². The van der Waals surface area contributed by atoms with Crippen LogP contribution in [0.3, 0.4) is 0 Å². The number of aliphatic hydroxyl groups excluding tert-OH is 1. The molecule has 0 bridgehead atoms. The van der Waals surface area contributed by atoms with E-state index in [1.165, 1.54) is 0 Å². The molecule has 0 radical (unpaired) electrons. The summed E-state index contributed by atoms with van der Waals surface area (Å²) in [6, 6.07) is 0. The van der Waals surface area contributed by atoms with Crippen LogP contribution < -0.4 is 0 Å². The maximum Gasteiger partial charge on any atom is 0 e. The number of hydrogen-bond donors (Lipinski definition) is 1. The molecule has 0 aromatic rings. The SMILES string of the molecule is C[CH-]O.[CH3-].[Rf].[Rf].[W]. The molecule has 0 heterocycles. The Labute approximate surface area is 47.7 Å². The van der Waals surface area contributed by atoms with E-state index < -0.39 is 0 Å². The van der Waals surface area contributed by atoms with Crippen LogP contribution in [0, 0.1) is 14.0 Å². The molecule has 0 aliphatic carbocycles. The second-order valence-electron chi connectivity index (χ2n) is 0.258. The van der Waals surface area contributed by atoms with Gasteiger partial charge in [-0.05, 0) is 0 Å².